The van der Waals surface area contributed by atoms with Crippen LogP contribution in [0.5, 0.6) is 0 Å². The van der Waals surface area contributed by atoms with E-state index in [0.29, 0.717) is 25.4 Å². The highest BCUT2D eigenvalue weighted by Gasteiger charge is 2.01. The molecule has 104 valence electrons. The van der Waals surface area contributed by atoms with Gasteiger partial charge in [-0.1, -0.05) is 24.8 Å². The van der Waals surface area contributed by atoms with Crippen molar-refractivity contribution in [2.45, 2.75) is 20.0 Å². The van der Waals surface area contributed by atoms with Gasteiger partial charge in [0, 0.05) is 6.61 Å². The van der Waals surface area contributed by atoms with Crippen LogP contribution in [0, 0.1) is 17.7 Å². The van der Waals surface area contributed by atoms with Crippen LogP contribution in [0.25, 0.3) is 0 Å². The summed E-state index contributed by atoms with van der Waals surface area (Å²) in [6.07, 6.45) is 1.00. The summed E-state index contributed by atoms with van der Waals surface area (Å²) in [7, 11) is 0. The van der Waals surface area contributed by atoms with Crippen molar-refractivity contribution in [1.82, 2.24) is 0 Å². The van der Waals surface area contributed by atoms with Crippen LogP contribution < -0.4 is 5.73 Å². The molecule has 0 bridgehead atoms. The summed E-state index contributed by atoms with van der Waals surface area (Å²) < 4.78 is 24.2. The number of benzene rings is 1. The SMILES string of the molecule is CCCOCCOCc1ccc(F)c(C#CCN)c1. The molecule has 0 aliphatic heterocycles. The van der Waals surface area contributed by atoms with Crippen LogP contribution in [0.4, 0.5) is 4.39 Å². The molecule has 2 N–H and O–H groups in total. The van der Waals surface area contributed by atoms with Gasteiger partial charge in [0.15, 0.2) is 0 Å². The molecule has 0 aliphatic carbocycles. The molecule has 0 aliphatic rings. The molecule has 0 fully saturated rings. The predicted octanol–water partition coefficient (Wildman–Crippen LogP) is 2.08. The van der Waals surface area contributed by atoms with E-state index in [1.165, 1.54) is 6.07 Å². The van der Waals surface area contributed by atoms with Gasteiger partial charge in [-0.15, -0.1) is 0 Å². The monoisotopic (exact) mass is 265 g/mol. The lowest BCUT2D eigenvalue weighted by molar-refractivity contribution is 0.0408. The molecule has 0 saturated heterocycles. The zero-order valence-corrected chi connectivity index (χ0v) is 11.2. The maximum absolute atomic E-state index is 13.4. The molecule has 0 radical (unpaired) electrons. The minimum Gasteiger partial charge on any atom is -0.379 e. The summed E-state index contributed by atoms with van der Waals surface area (Å²) in [5, 5.41) is 0. The largest absolute Gasteiger partial charge is 0.379 e. The second kappa shape index (κ2) is 9.51. The molecule has 0 amide bonds. The van der Waals surface area contributed by atoms with Crippen molar-refractivity contribution < 1.29 is 13.9 Å². The molecule has 0 heterocycles. The first kappa shape index (κ1) is 15.6. The van der Waals surface area contributed by atoms with E-state index in [4.69, 9.17) is 15.2 Å². The molecule has 0 saturated carbocycles. The minimum absolute atomic E-state index is 0.217. The van der Waals surface area contributed by atoms with E-state index >= 15 is 0 Å². The summed E-state index contributed by atoms with van der Waals surface area (Å²) in [6.45, 7) is 4.56. The number of hydrogen-bond acceptors (Lipinski definition) is 3. The third-order valence-corrected chi connectivity index (χ3v) is 2.35. The Labute approximate surface area is 113 Å². The Morgan fingerprint density at radius 2 is 2.00 bits per heavy atom. The van der Waals surface area contributed by atoms with E-state index in [1.54, 1.807) is 12.1 Å². The number of nitrogens with two attached hydrogens (primary N) is 1. The molecule has 19 heavy (non-hydrogen) atoms. The first-order chi connectivity index (χ1) is 9.27. The van der Waals surface area contributed by atoms with E-state index in [1.807, 2.05) is 0 Å². The Hall–Kier alpha value is -1.41. The Kier molecular flexibility index (Phi) is 7.83. The van der Waals surface area contributed by atoms with Gasteiger partial charge < -0.3 is 15.2 Å². The lowest BCUT2D eigenvalue weighted by Crippen LogP contribution is -2.05. The molecule has 1 rings (SSSR count). The normalized spacial score (nSPS) is 10.1. The van der Waals surface area contributed by atoms with Crippen LogP contribution >= 0.6 is 0 Å². The molecular formula is C15H20FNO2. The summed E-state index contributed by atoms with van der Waals surface area (Å²) in [6, 6.07) is 4.77. The topological polar surface area (TPSA) is 44.5 Å². The van der Waals surface area contributed by atoms with Crippen molar-refractivity contribution in [2.24, 2.45) is 5.73 Å². The van der Waals surface area contributed by atoms with Crippen LogP contribution in [0.1, 0.15) is 24.5 Å². The third-order valence-electron chi connectivity index (χ3n) is 2.35. The summed E-state index contributed by atoms with van der Waals surface area (Å²) in [5.74, 6) is 5.00. The Morgan fingerprint density at radius 1 is 1.21 bits per heavy atom. The van der Waals surface area contributed by atoms with Crippen molar-refractivity contribution >= 4 is 0 Å². The first-order valence-corrected chi connectivity index (χ1v) is 6.40. The maximum Gasteiger partial charge on any atom is 0.138 e. The summed E-state index contributed by atoms with van der Waals surface area (Å²) in [4.78, 5) is 0. The molecule has 3 nitrogen and oxygen atoms in total. The molecule has 0 aromatic heterocycles. The average molecular weight is 265 g/mol. The van der Waals surface area contributed by atoms with Gasteiger partial charge in [0.25, 0.3) is 0 Å². The average Bonchev–Trinajstić information content (AvgIpc) is 2.43. The van der Waals surface area contributed by atoms with E-state index in [0.717, 1.165) is 18.6 Å². The lowest BCUT2D eigenvalue weighted by atomic mass is 10.1. The number of rotatable bonds is 7. The van der Waals surface area contributed by atoms with Crippen LogP contribution in [0.2, 0.25) is 0 Å². The molecule has 4 heteroatoms. The van der Waals surface area contributed by atoms with Crippen molar-refractivity contribution in [3.05, 3.63) is 35.1 Å². The highest BCUT2D eigenvalue weighted by Crippen LogP contribution is 2.10. The maximum atomic E-state index is 13.4. The van der Waals surface area contributed by atoms with Gasteiger partial charge in [0.05, 0.1) is 31.9 Å². The fraction of sp³-hybridized carbons (Fsp3) is 0.467. The van der Waals surface area contributed by atoms with Crippen LogP contribution in [-0.4, -0.2) is 26.4 Å². The van der Waals surface area contributed by atoms with Crippen molar-refractivity contribution in [1.29, 1.82) is 0 Å². The number of ether oxygens (including phenoxy) is 2. The zero-order chi connectivity index (χ0) is 13.9. The summed E-state index contributed by atoms with van der Waals surface area (Å²) >= 11 is 0. The van der Waals surface area contributed by atoms with Gasteiger partial charge in [-0.3, -0.25) is 0 Å². The van der Waals surface area contributed by atoms with Crippen LogP contribution in [-0.2, 0) is 16.1 Å². The highest BCUT2D eigenvalue weighted by molar-refractivity contribution is 5.38. The van der Waals surface area contributed by atoms with E-state index < -0.39 is 0 Å². The fourth-order valence-electron chi connectivity index (χ4n) is 1.46. The molecule has 1 aromatic carbocycles. The quantitative estimate of drug-likeness (QED) is 0.606. The van der Waals surface area contributed by atoms with Gasteiger partial charge in [0.1, 0.15) is 5.82 Å². The standard InChI is InChI=1S/C15H20FNO2/c1-2-8-18-9-10-19-12-13-5-6-15(16)14(11-13)4-3-7-17/h5-6,11H,2,7-10,12,17H2,1H3. The lowest BCUT2D eigenvalue weighted by Gasteiger charge is -2.06. The van der Waals surface area contributed by atoms with Crippen molar-refractivity contribution in [2.75, 3.05) is 26.4 Å². The van der Waals surface area contributed by atoms with Gasteiger partial charge in [-0.05, 0) is 24.1 Å². The Bertz CT molecular complexity index is 438. The summed E-state index contributed by atoms with van der Waals surface area (Å²) in [5.41, 5.74) is 6.51. The number of halogens is 1. The van der Waals surface area contributed by atoms with Gasteiger partial charge >= 0.3 is 0 Å². The Balaban J connectivity index is 2.42. The zero-order valence-electron chi connectivity index (χ0n) is 11.2. The van der Waals surface area contributed by atoms with Gasteiger partial charge in [-0.2, -0.15) is 0 Å². The fourth-order valence-corrected chi connectivity index (χ4v) is 1.46. The van der Waals surface area contributed by atoms with Crippen LogP contribution in [0.15, 0.2) is 18.2 Å². The molecule has 0 atom stereocenters. The molecule has 0 unspecified atom stereocenters. The first-order valence-electron chi connectivity index (χ1n) is 6.40. The van der Waals surface area contributed by atoms with E-state index in [-0.39, 0.29) is 12.4 Å². The van der Waals surface area contributed by atoms with Gasteiger partial charge in [0.2, 0.25) is 0 Å². The number of hydrogen-bond donors (Lipinski definition) is 1. The Morgan fingerprint density at radius 3 is 2.74 bits per heavy atom. The second-order valence-electron chi connectivity index (χ2n) is 3.99. The smallest absolute Gasteiger partial charge is 0.138 e. The molecular weight excluding hydrogens is 245 g/mol. The third kappa shape index (κ3) is 6.35. The second-order valence-corrected chi connectivity index (χ2v) is 3.99. The van der Waals surface area contributed by atoms with Crippen molar-refractivity contribution in [3.63, 3.8) is 0 Å². The molecule has 1 aromatic rings. The highest BCUT2D eigenvalue weighted by atomic mass is 19.1. The van der Waals surface area contributed by atoms with Gasteiger partial charge in [-0.25, -0.2) is 4.39 Å². The molecule has 0 spiro atoms. The van der Waals surface area contributed by atoms with E-state index in [9.17, 15) is 4.39 Å². The predicted molar refractivity (Wildman–Crippen MR) is 73.1 cm³/mol. The minimum atomic E-state index is -0.337. The van der Waals surface area contributed by atoms with E-state index in [2.05, 4.69) is 18.8 Å². The van der Waals surface area contributed by atoms with Crippen LogP contribution in [0.3, 0.4) is 0 Å². The van der Waals surface area contributed by atoms with Crippen molar-refractivity contribution in [3.8, 4) is 11.8 Å².